The molecule has 1 aliphatic heterocycles. The van der Waals surface area contributed by atoms with Gasteiger partial charge in [-0.2, -0.15) is 5.10 Å². The number of hydrogen-bond acceptors (Lipinski definition) is 15. The van der Waals surface area contributed by atoms with Crippen LogP contribution in [0.2, 0.25) is 0 Å². The van der Waals surface area contributed by atoms with Crippen molar-refractivity contribution in [3.05, 3.63) is 59.3 Å². The van der Waals surface area contributed by atoms with E-state index in [-0.39, 0.29) is 74.5 Å². The summed E-state index contributed by atoms with van der Waals surface area (Å²) in [6.45, 7) is 8.34. The number of nitrogens with one attached hydrogen (secondary N) is 1. The first kappa shape index (κ1) is 61.2. The van der Waals surface area contributed by atoms with E-state index in [1.165, 1.54) is 6.42 Å². The topological polar surface area (TPSA) is 251 Å². The fourth-order valence-electron chi connectivity index (χ4n) is 12.8. The maximum absolute atomic E-state index is 14.5. The third-order valence-corrected chi connectivity index (χ3v) is 17.0. The number of methoxy groups -OCH3 is 2. The molecule has 80 heavy (non-hydrogen) atoms. The number of likely N-dealkylation sites (N-methyl/N-ethyl adjacent to an activating group) is 1. The Hall–Kier alpha value is -6.46. The molecule has 4 aliphatic carbocycles. The smallest absolute Gasteiger partial charge is 0.317 e. The minimum absolute atomic E-state index is 0.0637. The van der Waals surface area contributed by atoms with Crippen molar-refractivity contribution in [1.82, 2.24) is 49.4 Å². The molecule has 4 N–H and O–H groups in total. The summed E-state index contributed by atoms with van der Waals surface area (Å²) in [6.07, 6.45) is 7.36. The van der Waals surface area contributed by atoms with Crippen molar-refractivity contribution in [1.29, 1.82) is 0 Å². The fourth-order valence-corrected chi connectivity index (χ4v) is 12.8. The van der Waals surface area contributed by atoms with Crippen LogP contribution >= 0.6 is 0 Å². The van der Waals surface area contributed by atoms with Crippen LogP contribution in [0.3, 0.4) is 0 Å². The van der Waals surface area contributed by atoms with Gasteiger partial charge in [-0.05, 0) is 137 Å². The van der Waals surface area contributed by atoms with E-state index in [0.29, 0.717) is 124 Å². The first-order valence-electron chi connectivity index (χ1n) is 28.2. The van der Waals surface area contributed by atoms with Gasteiger partial charge in [0.05, 0.1) is 57.3 Å². The number of carbonyl (C=O) groups excluding carboxylic acids is 4. The molecule has 5 fully saturated rings. The van der Waals surface area contributed by atoms with Crippen LogP contribution in [0, 0.1) is 23.7 Å². The molecule has 4 bridgehead atoms. The Morgan fingerprint density at radius 2 is 1.15 bits per heavy atom. The quantitative estimate of drug-likeness (QED) is 0.0886. The Morgan fingerprint density at radius 3 is 1.60 bits per heavy atom. The molecule has 22 nitrogen and oxygen atoms in total. The van der Waals surface area contributed by atoms with Crippen LogP contribution < -0.4 is 14.8 Å². The SMILES string of the molecule is COc1cccc(OC)c1-c1cc(C(=O)NC2(C=O)C3CC4CC(C3)CC2C4)nn1-c1ccc(C(=O)N(C)CCCN(C)CCCN(C)C(=O)CN2CCN(CC(=O)O)CCN(CC(=O)O)CCN(CC(=O)O)CC2)cc1C(C)C. The molecule has 0 atom stereocenters. The van der Waals surface area contributed by atoms with E-state index in [0.717, 1.165) is 37.5 Å². The lowest BCUT2D eigenvalue weighted by Crippen LogP contribution is -2.67. The van der Waals surface area contributed by atoms with Crippen LogP contribution in [0.25, 0.3) is 16.9 Å². The molecule has 8 rings (SSSR count). The van der Waals surface area contributed by atoms with Crippen molar-refractivity contribution in [2.45, 2.75) is 70.3 Å². The number of aliphatic carboxylic acids is 3. The van der Waals surface area contributed by atoms with E-state index in [1.807, 2.05) is 56.1 Å². The lowest BCUT2D eigenvalue weighted by atomic mass is 9.49. The van der Waals surface area contributed by atoms with Gasteiger partial charge in [-0.1, -0.05) is 19.9 Å². The van der Waals surface area contributed by atoms with Gasteiger partial charge < -0.3 is 49.6 Å². The van der Waals surface area contributed by atoms with Crippen LogP contribution in [0.15, 0.2) is 42.5 Å². The molecule has 0 radical (unpaired) electrons. The average molecular weight is 1110 g/mol. The summed E-state index contributed by atoms with van der Waals surface area (Å²) < 4.78 is 13.4. The van der Waals surface area contributed by atoms with E-state index in [1.54, 1.807) is 69.6 Å². The zero-order valence-corrected chi connectivity index (χ0v) is 47.8. The van der Waals surface area contributed by atoms with Crippen molar-refractivity contribution in [2.75, 3.05) is 140 Å². The largest absolute Gasteiger partial charge is 0.496 e. The minimum Gasteiger partial charge on any atom is -0.496 e. The third kappa shape index (κ3) is 15.3. The highest BCUT2D eigenvalue weighted by Crippen LogP contribution is 2.57. The van der Waals surface area contributed by atoms with Crippen LogP contribution in [0.5, 0.6) is 11.5 Å². The van der Waals surface area contributed by atoms with Crippen LogP contribution in [-0.4, -0.2) is 247 Å². The second-order valence-corrected chi connectivity index (χ2v) is 22.9. The number of benzene rings is 2. The molecule has 0 unspecified atom stereocenters. The summed E-state index contributed by atoms with van der Waals surface area (Å²) in [7, 11) is 8.68. The molecule has 438 valence electrons. The zero-order chi connectivity index (χ0) is 57.8. The van der Waals surface area contributed by atoms with Gasteiger partial charge in [0, 0.05) is 85.1 Å². The zero-order valence-electron chi connectivity index (χ0n) is 47.8. The van der Waals surface area contributed by atoms with Gasteiger partial charge in [-0.15, -0.1) is 0 Å². The number of carboxylic acids is 3. The Labute approximate surface area is 469 Å². The number of carboxylic acid groups (broad SMARTS) is 3. The molecule has 2 aromatic carbocycles. The fraction of sp³-hybridized carbons (Fsp3) is 0.621. The summed E-state index contributed by atoms with van der Waals surface area (Å²) in [6, 6.07) is 12.7. The van der Waals surface area contributed by atoms with Crippen LogP contribution in [0.1, 0.15) is 91.1 Å². The molecular weight excluding hydrogens is 1030 g/mol. The van der Waals surface area contributed by atoms with Crippen molar-refractivity contribution in [2.24, 2.45) is 23.7 Å². The number of nitrogens with zero attached hydrogens (tertiary/aromatic N) is 9. The lowest BCUT2D eigenvalue weighted by Gasteiger charge is -2.59. The van der Waals surface area contributed by atoms with Crippen molar-refractivity contribution < 1.29 is 58.4 Å². The van der Waals surface area contributed by atoms with E-state index >= 15 is 0 Å². The molecule has 3 aromatic rings. The van der Waals surface area contributed by atoms with Gasteiger partial charge >= 0.3 is 17.9 Å². The number of amides is 3. The van der Waals surface area contributed by atoms with E-state index in [4.69, 9.17) is 14.6 Å². The third-order valence-electron chi connectivity index (χ3n) is 17.0. The first-order valence-corrected chi connectivity index (χ1v) is 28.2. The Bertz CT molecular complexity index is 2600. The number of rotatable bonds is 25. The van der Waals surface area contributed by atoms with Crippen molar-refractivity contribution in [3.63, 3.8) is 0 Å². The number of hydrogen-bond donors (Lipinski definition) is 4. The normalized spacial score (nSPS) is 22.1. The Balaban J connectivity index is 0.956. The van der Waals surface area contributed by atoms with Gasteiger partial charge in [-0.25, -0.2) is 4.68 Å². The monoisotopic (exact) mass is 1110 g/mol. The number of ether oxygens (including phenoxy) is 2. The molecule has 1 aromatic heterocycles. The summed E-state index contributed by atoms with van der Waals surface area (Å²) in [5, 5.41) is 36.8. The van der Waals surface area contributed by atoms with E-state index < -0.39 is 29.4 Å². The van der Waals surface area contributed by atoms with Crippen molar-refractivity contribution in [3.8, 4) is 28.4 Å². The average Bonchev–Trinajstić information content (AvgIpc) is 4.02. The summed E-state index contributed by atoms with van der Waals surface area (Å²) in [4.78, 5) is 103. The van der Waals surface area contributed by atoms with E-state index in [2.05, 4.69) is 10.2 Å². The standard InChI is InChI=1S/C58H84N10O12/c1-39(2)45-32-42(13-14-47(45)68-48(55-49(79-6)11-8-12-50(55)80-7)33-46(60-68)56(77)59-58(38-69)43-28-40-27-41(30-43)31-44(58)29-40)57(78)63(5)18-10-16-61(3)15-9-17-62(4)51(70)34-64-19-21-65(35-52(71)72)23-25-67(37-54(75)76)26-24-66(22-20-64)36-53(73)74/h8,11-14,32-33,38-41,43-44H,9-10,15-31,34-37H2,1-7H3,(H,59,77)(H,71,72)(H,73,74)(H,75,76). The molecule has 5 aliphatic rings. The number of aromatic nitrogens is 2. The molecule has 4 saturated carbocycles. The highest BCUT2D eigenvalue weighted by molar-refractivity contribution is 5.97. The van der Waals surface area contributed by atoms with Crippen LogP contribution in [-0.2, 0) is 24.0 Å². The first-order chi connectivity index (χ1) is 38.2. The lowest BCUT2D eigenvalue weighted by molar-refractivity contribution is -0.140. The second-order valence-electron chi connectivity index (χ2n) is 22.9. The van der Waals surface area contributed by atoms with Gasteiger partial charge in [0.2, 0.25) is 5.91 Å². The molecular formula is C58H84N10O12. The molecule has 0 spiro atoms. The van der Waals surface area contributed by atoms with Crippen LogP contribution in [0.4, 0.5) is 0 Å². The maximum Gasteiger partial charge on any atom is 0.317 e. The molecule has 22 heteroatoms. The summed E-state index contributed by atoms with van der Waals surface area (Å²) in [5.41, 5.74) is 2.37. The highest BCUT2D eigenvalue weighted by Gasteiger charge is 2.58. The van der Waals surface area contributed by atoms with Gasteiger partial charge in [0.15, 0.2) is 5.69 Å². The molecule has 3 amide bonds. The molecule has 2 heterocycles. The van der Waals surface area contributed by atoms with Gasteiger partial charge in [-0.3, -0.25) is 48.4 Å². The van der Waals surface area contributed by atoms with Gasteiger partial charge in [0.25, 0.3) is 11.8 Å². The predicted molar refractivity (Wildman–Crippen MR) is 299 cm³/mol. The minimum atomic E-state index is -1.02. The maximum atomic E-state index is 14.5. The number of aldehydes is 1. The summed E-state index contributed by atoms with van der Waals surface area (Å²) >= 11 is 0. The Kier molecular flexibility index (Phi) is 21.3. The Morgan fingerprint density at radius 1 is 0.675 bits per heavy atom. The van der Waals surface area contributed by atoms with Crippen molar-refractivity contribution >= 4 is 41.9 Å². The number of carbonyl (C=O) groups is 7. The second kappa shape index (κ2) is 27.8. The predicted octanol–water partition coefficient (Wildman–Crippen LogP) is 3.52. The van der Waals surface area contributed by atoms with E-state index in [9.17, 15) is 48.9 Å². The van der Waals surface area contributed by atoms with Gasteiger partial charge in [0.1, 0.15) is 23.3 Å². The molecule has 1 saturated heterocycles. The highest BCUT2D eigenvalue weighted by atomic mass is 16.5. The summed E-state index contributed by atoms with van der Waals surface area (Å²) in [5.74, 6) is -1.36.